The van der Waals surface area contributed by atoms with Crippen LogP contribution in [-0.2, 0) is 36.0 Å². The van der Waals surface area contributed by atoms with E-state index in [2.05, 4.69) is 21.7 Å². The highest BCUT2D eigenvalue weighted by atomic mass is 32.1. The van der Waals surface area contributed by atoms with Gasteiger partial charge < -0.3 is 19.9 Å². The van der Waals surface area contributed by atoms with Gasteiger partial charge in [0, 0.05) is 36.8 Å². The molecule has 0 aromatic carbocycles. The third-order valence-electron chi connectivity index (χ3n) is 5.12. The van der Waals surface area contributed by atoms with Crippen molar-refractivity contribution in [2.24, 2.45) is 7.05 Å². The maximum absolute atomic E-state index is 12.3. The van der Waals surface area contributed by atoms with Crippen molar-refractivity contribution >= 4 is 45.8 Å². The average Bonchev–Trinajstić information content (AvgIpc) is 3.50. The molecule has 3 aromatic heterocycles. The molecule has 0 bridgehead atoms. The second-order valence-corrected chi connectivity index (χ2v) is 9.16. The van der Waals surface area contributed by atoms with E-state index in [0.717, 1.165) is 21.8 Å². The number of alkyl carbamates (subject to hydrolysis) is 1. The van der Waals surface area contributed by atoms with Crippen LogP contribution in [0.3, 0.4) is 0 Å². The minimum absolute atomic E-state index is 0.281. The van der Waals surface area contributed by atoms with E-state index in [4.69, 9.17) is 4.74 Å². The first-order valence-corrected chi connectivity index (χ1v) is 11.8. The molecule has 4 rings (SSSR count). The number of aromatic nitrogens is 2. The van der Waals surface area contributed by atoms with Gasteiger partial charge in [-0.15, -0.1) is 11.3 Å². The maximum Gasteiger partial charge on any atom is 0.407 e. The van der Waals surface area contributed by atoms with Crippen LogP contribution in [0.5, 0.6) is 0 Å². The summed E-state index contributed by atoms with van der Waals surface area (Å²) in [6, 6.07) is 4.14. The first-order chi connectivity index (χ1) is 15.5. The molecule has 0 radical (unpaired) electrons. The predicted octanol–water partition coefficient (Wildman–Crippen LogP) is 3.85. The topological polar surface area (TPSA) is 109 Å². The zero-order valence-corrected chi connectivity index (χ0v) is 19.0. The quantitative estimate of drug-likeness (QED) is 0.535. The maximum atomic E-state index is 12.3. The lowest BCUT2D eigenvalue weighted by molar-refractivity contribution is -0.111. The normalized spacial score (nSPS) is 15.2. The van der Waals surface area contributed by atoms with Gasteiger partial charge in [-0.1, -0.05) is 0 Å². The zero-order valence-electron chi connectivity index (χ0n) is 17.3. The Morgan fingerprint density at radius 3 is 3.06 bits per heavy atom. The molecular formula is C22H21N5O3S2. The molecule has 3 heterocycles. The van der Waals surface area contributed by atoms with E-state index in [1.807, 2.05) is 34.6 Å². The van der Waals surface area contributed by atoms with Crippen LogP contribution in [0.2, 0.25) is 0 Å². The first-order valence-electron chi connectivity index (χ1n) is 10.00. The lowest BCUT2D eigenvalue weighted by Gasteiger charge is -2.22. The number of ether oxygens (including phenoxy) is 1. The van der Waals surface area contributed by atoms with E-state index in [9.17, 15) is 14.9 Å². The van der Waals surface area contributed by atoms with Crippen LogP contribution in [0.1, 0.15) is 33.8 Å². The van der Waals surface area contributed by atoms with Gasteiger partial charge in [-0.3, -0.25) is 4.79 Å². The number of hydrogen-bond donors (Lipinski definition) is 2. The van der Waals surface area contributed by atoms with E-state index in [1.165, 1.54) is 17.4 Å². The molecule has 0 saturated carbocycles. The second kappa shape index (κ2) is 9.80. The molecule has 2 N–H and O–H groups in total. The summed E-state index contributed by atoms with van der Waals surface area (Å²) in [4.78, 5) is 29.6. The first kappa shape index (κ1) is 21.8. The highest BCUT2D eigenvalue weighted by Gasteiger charge is 2.28. The van der Waals surface area contributed by atoms with Gasteiger partial charge in [0.15, 0.2) is 0 Å². The van der Waals surface area contributed by atoms with Crippen molar-refractivity contribution in [2.75, 3.05) is 5.32 Å². The van der Waals surface area contributed by atoms with Gasteiger partial charge in [0.1, 0.15) is 23.0 Å². The van der Waals surface area contributed by atoms with Crippen LogP contribution >= 0.6 is 22.7 Å². The van der Waals surface area contributed by atoms with Crippen molar-refractivity contribution in [2.45, 2.75) is 31.9 Å². The smallest absolute Gasteiger partial charge is 0.407 e. The molecule has 1 unspecified atom stereocenters. The Balaban J connectivity index is 1.36. The van der Waals surface area contributed by atoms with E-state index in [1.54, 1.807) is 23.6 Å². The summed E-state index contributed by atoms with van der Waals surface area (Å²) in [6.45, 7) is 0.285. The van der Waals surface area contributed by atoms with Gasteiger partial charge in [0.25, 0.3) is 0 Å². The van der Waals surface area contributed by atoms with Crippen LogP contribution in [-0.4, -0.2) is 27.7 Å². The number of nitriles is 1. The molecule has 0 spiro atoms. The molecule has 8 nitrogen and oxygen atoms in total. The predicted molar refractivity (Wildman–Crippen MR) is 123 cm³/mol. The van der Waals surface area contributed by atoms with Crippen molar-refractivity contribution in [3.05, 3.63) is 62.7 Å². The number of anilines is 1. The average molecular weight is 468 g/mol. The fraction of sp³-hybridized carbons (Fsp3) is 0.273. The molecule has 0 fully saturated rings. The Morgan fingerprint density at radius 2 is 2.34 bits per heavy atom. The summed E-state index contributed by atoms with van der Waals surface area (Å²) < 4.78 is 7.40. The van der Waals surface area contributed by atoms with Crippen molar-refractivity contribution in [1.82, 2.24) is 14.9 Å². The standard InChI is InChI=1S/C22H21N5O3S2/c1-27-8-7-24-19(27)12-25-22(29)30-15-3-4-16-17(11-23)21(32-18(16)10-15)26-20(28)5-2-14-6-9-31-13-14/h2,5-9,13,15H,3-4,10,12H2,1H3,(H,25,29)(H,26,28). The lowest BCUT2D eigenvalue weighted by Crippen LogP contribution is -2.32. The monoisotopic (exact) mass is 467 g/mol. The van der Waals surface area contributed by atoms with Gasteiger partial charge in [-0.05, 0) is 46.9 Å². The highest BCUT2D eigenvalue weighted by molar-refractivity contribution is 7.16. The van der Waals surface area contributed by atoms with Crippen LogP contribution in [0.4, 0.5) is 9.80 Å². The number of nitrogens with one attached hydrogen (secondary N) is 2. The minimum atomic E-state index is -0.495. The molecule has 3 aromatic rings. The molecule has 0 aliphatic heterocycles. The largest absolute Gasteiger partial charge is 0.446 e. The van der Waals surface area contributed by atoms with E-state index < -0.39 is 6.09 Å². The Labute approximate surface area is 193 Å². The molecule has 2 amide bonds. The second-order valence-electron chi connectivity index (χ2n) is 7.28. The minimum Gasteiger partial charge on any atom is -0.446 e. The molecule has 1 atom stereocenters. The number of aryl methyl sites for hydroxylation is 1. The number of imidazole rings is 1. The van der Waals surface area contributed by atoms with Gasteiger partial charge in [-0.2, -0.15) is 16.6 Å². The summed E-state index contributed by atoms with van der Waals surface area (Å²) in [5, 5.41) is 19.6. The van der Waals surface area contributed by atoms with Crippen LogP contribution < -0.4 is 10.6 Å². The zero-order chi connectivity index (χ0) is 22.5. The summed E-state index contributed by atoms with van der Waals surface area (Å²) in [7, 11) is 1.86. The Kier molecular flexibility index (Phi) is 6.68. The van der Waals surface area contributed by atoms with Gasteiger partial charge >= 0.3 is 6.09 Å². The third kappa shape index (κ3) is 5.07. The molecule has 1 aliphatic carbocycles. The SMILES string of the molecule is Cn1ccnc1CNC(=O)OC1CCc2c(sc(NC(=O)C=Cc3ccsc3)c2C#N)C1. The van der Waals surface area contributed by atoms with E-state index in [-0.39, 0.29) is 18.6 Å². The molecule has 0 saturated heterocycles. The molecule has 10 heteroatoms. The molecule has 1 aliphatic rings. The number of carbonyl (C=O) groups is 2. The molecule has 164 valence electrons. The van der Waals surface area contributed by atoms with Crippen LogP contribution in [0, 0.1) is 11.3 Å². The van der Waals surface area contributed by atoms with Crippen molar-refractivity contribution < 1.29 is 14.3 Å². The van der Waals surface area contributed by atoms with Gasteiger partial charge in [-0.25, -0.2) is 9.78 Å². The number of carbonyl (C=O) groups excluding carboxylic acids is 2. The summed E-state index contributed by atoms with van der Waals surface area (Å²) >= 11 is 2.93. The van der Waals surface area contributed by atoms with Crippen LogP contribution in [0.25, 0.3) is 6.08 Å². The third-order valence-corrected chi connectivity index (χ3v) is 7.00. The van der Waals surface area contributed by atoms with Crippen molar-refractivity contribution in [3.63, 3.8) is 0 Å². The van der Waals surface area contributed by atoms with Gasteiger partial charge in [0.2, 0.25) is 5.91 Å². The summed E-state index contributed by atoms with van der Waals surface area (Å²) in [6.07, 6.45) is 7.66. The van der Waals surface area contributed by atoms with Crippen molar-refractivity contribution in [3.8, 4) is 6.07 Å². The number of fused-ring (bicyclic) bond motifs is 1. The Hall–Kier alpha value is -3.42. The summed E-state index contributed by atoms with van der Waals surface area (Å²) in [5.74, 6) is 0.450. The number of rotatable bonds is 6. The lowest BCUT2D eigenvalue weighted by atomic mass is 9.94. The highest BCUT2D eigenvalue weighted by Crippen LogP contribution is 2.38. The van der Waals surface area contributed by atoms with E-state index in [0.29, 0.717) is 29.8 Å². The van der Waals surface area contributed by atoms with Gasteiger partial charge in [0.05, 0.1) is 12.1 Å². The van der Waals surface area contributed by atoms with Crippen molar-refractivity contribution in [1.29, 1.82) is 5.26 Å². The van der Waals surface area contributed by atoms with Crippen LogP contribution in [0.15, 0.2) is 35.3 Å². The fourth-order valence-electron chi connectivity index (χ4n) is 3.47. The molecular weight excluding hydrogens is 446 g/mol. The number of amides is 2. The molecule has 32 heavy (non-hydrogen) atoms. The number of thiophene rings is 2. The van der Waals surface area contributed by atoms with E-state index >= 15 is 0 Å². The number of hydrogen-bond acceptors (Lipinski definition) is 7. The fourth-order valence-corrected chi connectivity index (χ4v) is 5.36. The Morgan fingerprint density at radius 1 is 1.47 bits per heavy atom. The number of nitrogens with zero attached hydrogens (tertiary/aromatic N) is 3. The Bertz CT molecular complexity index is 1190. The summed E-state index contributed by atoms with van der Waals surface area (Å²) in [5.41, 5.74) is 2.39.